The highest BCUT2D eigenvalue weighted by atomic mass is 35.5. The number of aliphatic carboxylic acids is 1. The second-order valence-electron chi connectivity index (χ2n) is 4.16. The number of ether oxygens (including phenoxy) is 1. The van der Waals surface area contributed by atoms with E-state index in [-0.39, 0.29) is 13.0 Å². The van der Waals surface area contributed by atoms with Crippen molar-refractivity contribution in [3.8, 4) is 0 Å². The van der Waals surface area contributed by atoms with Crippen molar-refractivity contribution in [3.05, 3.63) is 34.9 Å². The van der Waals surface area contributed by atoms with Gasteiger partial charge in [0.15, 0.2) is 5.41 Å². The number of esters is 1. The number of carbonyl (C=O) groups excluding carboxylic acids is 1. The standard InChI is InChI=1S/C13H15ClO4/c1-3-18-12(17)13(2,11(15)16)8-9-4-6-10(14)7-5-9/h4-7H,3,8H2,1-2H3,(H,15,16). The van der Waals surface area contributed by atoms with Gasteiger partial charge in [-0.1, -0.05) is 23.7 Å². The Morgan fingerprint density at radius 1 is 1.33 bits per heavy atom. The minimum absolute atomic E-state index is 0.0678. The SMILES string of the molecule is CCOC(=O)C(C)(Cc1ccc(Cl)cc1)C(=O)O. The molecule has 0 aliphatic rings. The molecule has 0 aliphatic heterocycles. The maximum atomic E-state index is 11.7. The van der Waals surface area contributed by atoms with Gasteiger partial charge >= 0.3 is 11.9 Å². The van der Waals surface area contributed by atoms with E-state index in [9.17, 15) is 14.7 Å². The van der Waals surface area contributed by atoms with Crippen molar-refractivity contribution in [3.63, 3.8) is 0 Å². The normalized spacial score (nSPS) is 13.7. The maximum Gasteiger partial charge on any atom is 0.323 e. The summed E-state index contributed by atoms with van der Waals surface area (Å²) in [5, 5.41) is 9.78. The number of carboxylic acid groups (broad SMARTS) is 1. The summed E-state index contributed by atoms with van der Waals surface area (Å²) in [5.74, 6) is -1.93. The number of carboxylic acids is 1. The fourth-order valence-corrected chi connectivity index (χ4v) is 1.66. The molecule has 5 heteroatoms. The van der Waals surface area contributed by atoms with Crippen LogP contribution in [-0.2, 0) is 20.7 Å². The summed E-state index contributed by atoms with van der Waals surface area (Å²) in [6, 6.07) is 6.71. The van der Waals surface area contributed by atoms with Gasteiger partial charge in [0.05, 0.1) is 6.61 Å². The first-order chi connectivity index (χ1) is 8.40. The fraction of sp³-hybridized carbons (Fsp3) is 0.385. The molecule has 1 aromatic carbocycles. The third-order valence-corrected chi connectivity index (χ3v) is 2.92. The van der Waals surface area contributed by atoms with E-state index in [1.165, 1.54) is 6.92 Å². The summed E-state index contributed by atoms with van der Waals surface area (Å²) in [4.78, 5) is 23.0. The number of hydrogen-bond acceptors (Lipinski definition) is 3. The van der Waals surface area contributed by atoms with Gasteiger partial charge in [0.1, 0.15) is 0 Å². The topological polar surface area (TPSA) is 63.6 Å². The molecule has 0 heterocycles. The summed E-state index contributed by atoms with van der Waals surface area (Å²) in [5.41, 5.74) is -0.860. The number of hydrogen-bond donors (Lipinski definition) is 1. The van der Waals surface area contributed by atoms with E-state index in [2.05, 4.69) is 0 Å². The number of halogens is 1. The van der Waals surface area contributed by atoms with E-state index in [1.54, 1.807) is 31.2 Å². The van der Waals surface area contributed by atoms with E-state index in [4.69, 9.17) is 16.3 Å². The summed E-state index contributed by atoms with van der Waals surface area (Å²) in [7, 11) is 0. The molecular weight excluding hydrogens is 256 g/mol. The van der Waals surface area contributed by atoms with Crippen LogP contribution >= 0.6 is 11.6 Å². The van der Waals surface area contributed by atoms with Crippen LogP contribution in [0.2, 0.25) is 5.02 Å². The number of benzene rings is 1. The number of carbonyl (C=O) groups is 2. The molecule has 4 nitrogen and oxygen atoms in total. The van der Waals surface area contributed by atoms with Gasteiger partial charge in [-0.15, -0.1) is 0 Å². The Hall–Kier alpha value is -1.55. The molecular formula is C13H15ClO4. The van der Waals surface area contributed by atoms with Gasteiger partial charge < -0.3 is 9.84 Å². The Balaban J connectivity index is 2.96. The summed E-state index contributed by atoms with van der Waals surface area (Å²) in [6.45, 7) is 3.16. The van der Waals surface area contributed by atoms with Crippen LogP contribution in [0.5, 0.6) is 0 Å². The molecule has 0 radical (unpaired) electrons. The van der Waals surface area contributed by atoms with Crippen LogP contribution in [0.4, 0.5) is 0 Å². The van der Waals surface area contributed by atoms with Gasteiger partial charge in [-0.05, 0) is 38.0 Å². The molecule has 1 N–H and O–H groups in total. The Bertz CT molecular complexity index is 441. The number of rotatable bonds is 5. The monoisotopic (exact) mass is 270 g/mol. The molecule has 1 rings (SSSR count). The van der Waals surface area contributed by atoms with E-state index >= 15 is 0 Å². The van der Waals surface area contributed by atoms with E-state index in [0.29, 0.717) is 5.02 Å². The molecule has 1 unspecified atom stereocenters. The zero-order chi connectivity index (χ0) is 13.8. The Labute approximate surface area is 111 Å². The van der Waals surface area contributed by atoms with Crippen molar-refractivity contribution < 1.29 is 19.4 Å². The van der Waals surface area contributed by atoms with Crippen molar-refractivity contribution in [1.82, 2.24) is 0 Å². The summed E-state index contributed by atoms with van der Waals surface area (Å²) in [6.07, 6.45) is 0.0678. The lowest BCUT2D eigenvalue weighted by atomic mass is 9.83. The molecule has 0 spiro atoms. The van der Waals surface area contributed by atoms with Crippen molar-refractivity contribution in [2.24, 2.45) is 5.41 Å². The smallest absolute Gasteiger partial charge is 0.323 e. The van der Waals surface area contributed by atoms with Gasteiger partial charge in [-0.25, -0.2) is 0 Å². The largest absolute Gasteiger partial charge is 0.480 e. The molecule has 1 atom stereocenters. The quantitative estimate of drug-likeness (QED) is 0.660. The molecule has 0 saturated heterocycles. The first kappa shape index (κ1) is 14.5. The van der Waals surface area contributed by atoms with E-state index in [1.807, 2.05) is 0 Å². The second kappa shape index (κ2) is 5.87. The van der Waals surface area contributed by atoms with Crippen molar-refractivity contribution >= 4 is 23.5 Å². The van der Waals surface area contributed by atoms with E-state index in [0.717, 1.165) is 5.56 Å². The van der Waals surface area contributed by atoms with E-state index < -0.39 is 17.4 Å². The van der Waals surface area contributed by atoms with Crippen LogP contribution in [0.15, 0.2) is 24.3 Å². The molecule has 0 fully saturated rings. The highest BCUT2D eigenvalue weighted by Gasteiger charge is 2.42. The van der Waals surface area contributed by atoms with Crippen LogP contribution in [0, 0.1) is 5.41 Å². The third kappa shape index (κ3) is 3.23. The Morgan fingerprint density at radius 3 is 2.33 bits per heavy atom. The van der Waals surface area contributed by atoms with Crippen LogP contribution < -0.4 is 0 Å². The third-order valence-electron chi connectivity index (χ3n) is 2.67. The van der Waals surface area contributed by atoms with Gasteiger partial charge in [-0.2, -0.15) is 0 Å². The lowest BCUT2D eigenvalue weighted by Gasteiger charge is -2.22. The molecule has 0 aliphatic carbocycles. The fourth-order valence-electron chi connectivity index (χ4n) is 1.54. The zero-order valence-corrected chi connectivity index (χ0v) is 11.0. The molecule has 0 bridgehead atoms. The molecule has 18 heavy (non-hydrogen) atoms. The molecule has 0 aromatic heterocycles. The zero-order valence-electron chi connectivity index (χ0n) is 10.3. The minimum Gasteiger partial charge on any atom is -0.480 e. The summed E-state index contributed by atoms with van der Waals surface area (Å²) < 4.78 is 4.82. The highest BCUT2D eigenvalue weighted by molar-refractivity contribution is 6.30. The Kier molecular flexibility index (Phi) is 4.73. The summed E-state index contributed by atoms with van der Waals surface area (Å²) >= 11 is 5.75. The van der Waals surface area contributed by atoms with Gasteiger partial charge in [0, 0.05) is 5.02 Å². The van der Waals surface area contributed by atoms with Crippen molar-refractivity contribution in [1.29, 1.82) is 0 Å². The lowest BCUT2D eigenvalue weighted by Crippen LogP contribution is -2.39. The van der Waals surface area contributed by atoms with Crippen LogP contribution in [-0.4, -0.2) is 23.7 Å². The lowest BCUT2D eigenvalue weighted by molar-refractivity contribution is -0.167. The average molecular weight is 271 g/mol. The van der Waals surface area contributed by atoms with Crippen LogP contribution in [0.25, 0.3) is 0 Å². The predicted octanol–water partition coefficient (Wildman–Crippen LogP) is 2.54. The molecule has 1 aromatic rings. The first-order valence-electron chi connectivity index (χ1n) is 5.55. The highest BCUT2D eigenvalue weighted by Crippen LogP contribution is 2.25. The minimum atomic E-state index is -1.58. The second-order valence-corrected chi connectivity index (χ2v) is 4.60. The molecule has 0 saturated carbocycles. The van der Waals surface area contributed by atoms with Gasteiger partial charge in [0.25, 0.3) is 0 Å². The van der Waals surface area contributed by atoms with Crippen LogP contribution in [0.3, 0.4) is 0 Å². The first-order valence-corrected chi connectivity index (χ1v) is 5.93. The average Bonchev–Trinajstić information content (AvgIpc) is 2.32. The maximum absolute atomic E-state index is 11.7. The van der Waals surface area contributed by atoms with Crippen molar-refractivity contribution in [2.45, 2.75) is 20.3 Å². The van der Waals surface area contributed by atoms with Gasteiger partial charge in [0.2, 0.25) is 0 Å². The predicted molar refractivity (Wildman–Crippen MR) is 67.5 cm³/mol. The molecule has 0 amide bonds. The van der Waals surface area contributed by atoms with Crippen LogP contribution in [0.1, 0.15) is 19.4 Å². The van der Waals surface area contributed by atoms with Gasteiger partial charge in [-0.3, -0.25) is 9.59 Å². The Morgan fingerprint density at radius 2 is 1.89 bits per heavy atom. The molecule has 98 valence electrons. The van der Waals surface area contributed by atoms with Crippen molar-refractivity contribution in [2.75, 3.05) is 6.61 Å².